The van der Waals surface area contributed by atoms with E-state index in [1.807, 2.05) is 0 Å². The molecule has 2 rings (SSSR count). The van der Waals surface area contributed by atoms with E-state index >= 15 is 0 Å². The summed E-state index contributed by atoms with van der Waals surface area (Å²) in [6, 6.07) is 6.12. The summed E-state index contributed by atoms with van der Waals surface area (Å²) in [7, 11) is 3.40. The molecule has 0 bridgehead atoms. The molecule has 0 atom stereocenters. The third-order valence-corrected chi connectivity index (χ3v) is 4.31. The summed E-state index contributed by atoms with van der Waals surface area (Å²) in [6.45, 7) is 0. The Morgan fingerprint density at radius 1 is 1.00 bits per heavy atom. The van der Waals surface area contributed by atoms with Gasteiger partial charge in [0.15, 0.2) is 0 Å². The summed E-state index contributed by atoms with van der Waals surface area (Å²) >= 11 is 0. The van der Waals surface area contributed by atoms with E-state index in [1.54, 1.807) is 26.2 Å². The van der Waals surface area contributed by atoms with E-state index < -0.39 is 11.4 Å². The smallest absolute Gasteiger partial charge is 0.252 e. The van der Waals surface area contributed by atoms with Crippen LogP contribution in [0.15, 0.2) is 24.3 Å². The predicted molar refractivity (Wildman–Crippen MR) is 86.9 cm³/mol. The van der Waals surface area contributed by atoms with E-state index in [4.69, 9.17) is 5.73 Å². The summed E-state index contributed by atoms with van der Waals surface area (Å²) in [5.41, 5.74) is 5.12. The Bertz CT molecular complexity index is 602. The predicted octanol–water partition coefficient (Wildman–Crippen LogP) is 1.31. The SMILES string of the molecule is CN(C)C(=O)C1(NC(=O)c2ccc(C(N)=O)cc2)CCCCC1. The molecule has 124 valence electrons. The van der Waals surface area contributed by atoms with Crippen LogP contribution in [0.1, 0.15) is 52.8 Å². The second-order valence-corrected chi connectivity index (χ2v) is 6.24. The first-order chi connectivity index (χ1) is 10.9. The van der Waals surface area contributed by atoms with E-state index in [1.165, 1.54) is 17.0 Å². The van der Waals surface area contributed by atoms with Crippen LogP contribution in [0.4, 0.5) is 0 Å². The first-order valence-corrected chi connectivity index (χ1v) is 7.80. The number of likely N-dealkylation sites (N-methyl/N-ethyl adjacent to an activating group) is 1. The summed E-state index contributed by atoms with van der Waals surface area (Å²) in [4.78, 5) is 37.7. The number of benzene rings is 1. The van der Waals surface area contributed by atoms with E-state index in [9.17, 15) is 14.4 Å². The molecule has 0 heterocycles. The Balaban J connectivity index is 2.20. The first kappa shape index (κ1) is 17.0. The normalized spacial score (nSPS) is 16.4. The zero-order valence-electron chi connectivity index (χ0n) is 13.6. The molecule has 3 amide bonds. The maximum absolute atomic E-state index is 12.6. The molecule has 0 spiro atoms. The molecule has 1 fully saturated rings. The van der Waals surface area contributed by atoms with Gasteiger partial charge >= 0.3 is 0 Å². The zero-order chi connectivity index (χ0) is 17.0. The van der Waals surface area contributed by atoms with Crippen molar-refractivity contribution in [2.75, 3.05) is 14.1 Å². The van der Waals surface area contributed by atoms with Gasteiger partial charge in [-0.05, 0) is 37.1 Å². The van der Waals surface area contributed by atoms with Crippen LogP contribution in [0.5, 0.6) is 0 Å². The average Bonchev–Trinajstić information content (AvgIpc) is 2.54. The lowest BCUT2D eigenvalue weighted by Gasteiger charge is -2.38. The highest BCUT2D eigenvalue weighted by Crippen LogP contribution is 2.30. The number of nitrogens with two attached hydrogens (primary N) is 1. The van der Waals surface area contributed by atoms with Crippen molar-refractivity contribution in [2.24, 2.45) is 5.73 Å². The molecule has 3 N–H and O–H groups in total. The number of carbonyl (C=O) groups is 3. The molecule has 1 aliphatic carbocycles. The van der Waals surface area contributed by atoms with Crippen LogP contribution >= 0.6 is 0 Å². The van der Waals surface area contributed by atoms with Gasteiger partial charge in [0, 0.05) is 25.2 Å². The number of rotatable bonds is 4. The number of hydrogen-bond donors (Lipinski definition) is 2. The van der Waals surface area contributed by atoms with Crippen LogP contribution in [0.2, 0.25) is 0 Å². The van der Waals surface area contributed by atoms with Gasteiger partial charge in [0.05, 0.1) is 0 Å². The molecule has 6 nitrogen and oxygen atoms in total. The first-order valence-electron chi connectivity index (χ1n) is 7.80. The van der Waals surface area contributed by atoms with Crippen LogP contribution in [-0.2, 0) is 4.79 Å². The topological polar surface area (TPSA) is 92.5 Å². The molecule has 23 heavy (non-hydrogen) atoms. The van der Waals surface area contributed by atoms with Gasteiger partial charge in [-0.25, -0.2) is 0 Å². The molecular formula is C17H23N3O3. The Morgan fingerprint density at radius 3 is 2.00 bits per heavy atom. The van der Waals surface area contributed by atoms with Crippen molar-refractivity contribution in [1.82, 2.24) is 10.2 Å². The fourth-order valence-electron chi connectivity index (χ4n) is 3.05. The Labute approximate surface area is 136 Å². The van der Waals surface area contributed by atoms with Gasteiger partial charge in [0.1, 0.15) is 5.54 Å². The second-order valence-electron chi connectivity index (χ2n) is 6.24. The quantitative estimate of drug-likeness (QED) is 0.877. The minimum atomic E-state index is -0.832. The highest BCUT2D eigenvalue weighted by atomic mass is 16.2. The third kappa shape index (κ3) is 3.70. The monoisotopic (exact) mass is 317 g/mol. The van der Waals surface area contributed by atoms with E-state index in [2.05, 4.69) is 5.32 Å². The highest BCUT2D eigenvalue weighted by molar-refractivity contribution is 6.00. The largest absolute Gasteiger partial charge is 0.366 e. The Hall–Kier alpha value is -2.37. The number of nitrogens with one attached hydrogen (secondary N) is 1. The lowest BCUT2D eigenvalue weighted by Crippen LogP contribution is -2.59. The van der Waals surface area contributed by atoms with Crippen LogP contribution in [0.25, 0.3) is 0 Å². The molecule has 0 aromatic heterocycles. The minimum absolute atomic E-state index is 0.0701. The van der Waals surface area contributed by atoms with Crippen molar-refractivity contribution in [3.05, 3.63) is 35.4 Å². The highest BCUT2D eigenvalue weighted by Gasteiger charge is 2.41. The van der Waals surface area contributed by atoms with Crippen molar-refractivity contribution >= 4 is 17.7 Å². The summed E-state index contributed by atoms with van der Waals surface area (Å²) in [5.74, 6) is -0.916. The summed E-state index contributed by atoms with van der Waals surface area (Å²) in [6.07, 6.45) is 4.21. The van der Waals surface area contributed by atoms with Gasteiger partial charge < -0.3 is 16.0 Å². The lowest BCUT2D eigenvalue weighted by molar-refractivity contribution is -0.136. The van der Waals surface area contributed by atoms with Gasteiger partial charge in [-0.15, -0.1) is 0 Å². The van der Waals surface area contributed by atoms with Gasteiger partial charge in [0.2, 0.25) is 11.8 Å². The van der Waals surface area contributed by atoms with Gasteiger partial charge in [-0.3, -0.25) is 14.4 Å². The average molecular weight is 317 g/mol. The Morgan fingerprint density at radius 2 is 1.52 bits per heavy atom. The molecular weight excluding hydrogens is 294 g/mol. The molecule has 0 saturated heterocycles. The second kappa shape index (κ2) is 6.81. The fraction of sp³-hybridized carbons (Fsp3) is 0.471. The maximum Gasteiger partial charge on any atom is 0.252 e. The van der Waals surface area contributed by atoms with Crippen LogP contribution < -0.4 is 11.1 Å². The van der Waals surface area contributed by atoms with E-state index in [0.29, 0.717) is 24.0 Å². The van der Waals surface area contributed by atoms with Crippen LogP contribution in [-0.4, -0.2) is 42.3 Å². The molecule has 1 aromatic rings. The number of hydrogen-bond acceptors (Lipinski definition) is 3. The van der Waals surface area contributed by atoms with Crippen molar-refractivity contribution in [3.63, 3.8) is 0 Å². The van der Waals surface area contributed by atoms with Gasteiger partial charge in [-0.1, -0.05) is 19.3 Å². The molecule has 6 heteroatoms. The zero-order valence-corrected chi connectivity index (χ0v) is 13.6. The molecule has 0 aliphatic heterocycles. The van der Waals surface area contributed by atoms with Gasteiger partial charge in [0.25, 0.3) is 5.91 Å². The van der Waals surface area contributed by atoms with Crippen molar-refractivity contribution in [1.29, 1.82) is 0 Å². The molecule has 0 unspecified atom stereocenters. The summed E-state index contributed by atoms with van der Waals surface area (Å²) in [5, 5.41) is 2.93. The Kier molecular flexibility index (Phi) is 5.03. The molecule has 1 aromatic carbocycles. The van der Waals surface area contributed by atoms with E-state index in [0.717, 1.165) is 19.3 Å². The third-order valence-electron chi connectivity index (χ3n) is 4.31. The number of primary amides is 1. The van der Waals surface area contributed by atoms with E-state index in [-0.39, 0.29) is 11.8 Å². The fourth-order valence-corrected chi connectivity index (χ4v) is 3.05. The van der Waals surface area contributed by atoms with Crippen molar-refractivity contribution in [2.45, 2.75) is 37.6 Å². The number of carbonyl (C=O) groups excluding carboxylic acids is 3. The minimum Gasteiger partial charge on any atom is -0.366 e. The lowest BCUT2D eigenvalue weighted by atomic mass is 9.80. The maximum atomic E-state index is 12.6. The molecule has 1 aliphatic rings. The molecule has 1 saturated carbocycles. The van der Waals surface area contributed by atoms with Crippen molar-refractivity contribution in [3.8, 4) is 0 Å². The van der Waals surface area contributed by atoms with Gasteiger partial charge in [-0.2, -0.15) is 0 Å². The summed E-state index contributed by atoms with van der Waals surface area (Å²) < 4.78 is 0. The number of amides is 3. The van der Waals surface area contributed by atoms with Crippen LogP contribution in [0.3, 0.4) is 0 Å². The van der Waals surface area contributed by atoms with Crippen molar-refractivity contribution < 1.29 is 14.4 Å². The standard InChI is InChI=1S/C17H23N3O3/c1-20(2)16(23)17(10-4-3-5-11-17)19-15(22)13-8-6-12(7-9-13)14(18)21/h6-9H,3-5,10-11H2,1-2H3,(H2,18,21)(H,19,22). The van der Waals surface area contributed by atoms with Crippen LogP contribution in [0, 0.1) is 0 Å². The molecule has 0 radical (unpaired) electrons. The number of nitrogens with zero attached hydrogens (tertiary/aromatic N) is 1.